The van der Waals surface area contributed by atoms with Gasteiger partial charge in [-0.25, -0.2) is 9.79 Å². The molecule has 2 aliphatic heterocycles. The molecule has 5 nitrogen and oxygen atoms in total. The van der Waals surface area contributed by atoms with Crippen molar-refractivity contribution in [3.8, 4) is 11.5 Å². The third-order valence-electron chi connectivity index (χ3n) is 3.59. The fourth-order valence-corrected chi connectivity index (χ4v) is 2.92. The summed E-state index contributed by atoms with van der Waals surface area (Å²) in [5.41, 5.74) is 1.78. The molecular weight excluding hydrogens is 374 g/mol. The van der Waals surface area contributed by atoms with Crippen LogP contribution in [0.3, 0.4) is 0 Å². The number of aliphatic imine (C=N–C) groups is 1. The van der Waals surface area contributed by atoms with Gasteiger partial charge in [0.2, 0.25) is 5.90 Å². The Kier molecular flexibility index (Phi) is 3.82. The summed E-state index contributed by atoms with van der Waals surface area (Å²) >= 11 is 3.43. The van der Waals surface area contributed by atoms with Gasteiger partial charge in [0.1, 0.15) is 13.2 Å². The van der Waals surface area contributed by atoms with Crippen molar-refractivity contribution in [1.82, 2.24) is 0 Å². The van der Waals surface area contributed by atoms with E-state index in [-0.39, 0.29) is 11.6 Å². The highest BCUT2D eigenvalue weighted by molar-refractivity contribution is 9.10. The molecule has 0 atom stereocenters. The standard InChI is InChI=1S/C18H12BrNO4/c19-13-4-2-1-3-12(13)17-20-14(18(21)24-17)9-11-5-6-15-16(10-11)23-8-7-22-15/h1-6,9-10H,7-8H2. The predicted octanol–water partition coefficient (Wildman–Crippen LogP) is 3.56. The minimum atomic E-state index is -0.476. The largest absolute Gasteiger partial charge is 0.486 e. The fourth-order valence-electron chi connectivity index (χ4n) is 2.47. The second kappa shape index (κ2) is 6.13. The zero-order valence-electron chi connectivity index (χ0n) is 12.5. The lowest BCUT2D eigenvalue weighted by atomic mass is 10.1. The van der Waals surface area contributed by atoms with E-state index in [4.69, 9.17) is 14.2 Å². The molecule has 0 radical (unpaired) electrons. The van der Waals surface area contributed by atoms with E-state index in [1.54, 1.807) is 6.08 Å². The number of benzene rings is 2. The molecule has 0 aliphatic carbocycles. The highest BCUT2D eigenvalue weighted by Gasteiger charge is 2.25. The van der Waals surface area contributed by atoms with Crippen molar-refractivity contribution in [2.75, 3.05) is 13.2 Å². The van der Waals surface area contributed by atoms with Gasteiger partial charge in [0, 0.05) is 4.47 Å². The maximum Gasteiger partial charge on any atom is 0.363 e. The number of nitrogens with zero attached hydrogens (tertiary/aromatic N) is 1. The van der Waals surface area contributed by atoms with E-state index >= 15 is 0 Å². The van der Waals surface area contributed by atoms with Crippen molar-refractivity contribution < 1.29 is 19.0 Å². The third-order valence-corrected chi connectivity index (χ3v) is 4.29. The topological polar surface area (TPSA) is 57.1 Å². The van der Waals surface area contributed by atoms with Gasteiger partial charge >= 0.3 is 5.97 Å². The number of carbonyl (C=O) groups excluding carboxylic acids is 1. The van der Waals surface area contributed by atoms with Crippen molar-refractivity contribution in [1.29, 1.82) is 0 Å². The molecule has 2 heterocycles. The van der Waals surface area contributed by atoms with E-state index in [0.717, 1.165) is 15.6 Å². The van der Waals surface area contributed by atoms with Crippen LogP contribution in [-0.2, 0) is 9.53 Å². The SMILES string of the molecule is O=C1OC(c2ccccc2Br)=NC1=Cc1ccc2c(c1)OCCO2. The maximum absolute atomic E-state index is 12.1. The van der Waals surface area contributed by atoms with Crippen molar-refractivity contribution in [2.24, 2.45) is 4.99 Å². The van der Waals surface area contributed by atoms with Gasteiger partial charge in [0.25, 0.3) is 0 Å². The molecule has 0 bridgehead atoms. The lowest BCUT2D eigenvalue weighted by Crippen LogP contribution is -2.15. The first-order valence-electron chi connectivity index (χ1n) is 7.38. The molecule has 2 aliphatic rings. The van der Waals surface area contributed by atoms with Crippen LogP contribution in [0.25, 0.3) is 6.08 Å². The Morgan fingerprint density at radius 1 is 1.04 bits per heavy atom. The van der Waals surface area contributed by atoms with Gasteiger partial charge in [0.05, 0.1) is 5.56 Å². The number of fused-ring (bicyclic) bond motifs is 1. The van der Waals surface area contributed by atoms with Crippen LogP contribution in [0.15, 0.2) is 57.6 Å². The molecule has 0 saturated carbocycles. The Balaban J connectivity index is 1.67. The molecule has 0 aromatic heterocycles. The molecule has 0 amide bonds. The molecule has 0 saturated heterocycles. The van der Waals surface area contributed by atoms with Gasteiger partial charge in [-0.2, -0.15) is 0 Å². The van der Waals surface area contributed by atoms with E-state index in [9.17, 15) is 4.79 Å². The van der Waals surface area contributed by atoms with E-state index in [1.165, 1.54) is 0 Å². The number of ether oxygens (including phenoxy) is 3. The molecule has 0 N–H and O–H groups in total. The third kappa shape index (κ3) is 2.80. The number of esters is 1. The molecule has 2 aromatic rings. The lowest BCUT2D eigenvalue weighted by Gasteiger charge is -2.18. The summed E-state index contributed by atoms with van der Waals surface area (Å²) in [6.45, 7) is 1.05. The summed E-state index contributed by atoms with van der Waals surface area (Å²) in [5, 5.41) is 0. The summed E-state index contributed by atoms with van der Waals surface area (Å²) in [6, 6.07) is 12.9. The minimum absolute atomic E-state index is 0.248. The van der Waals surface area contributed by atoms with Crippen molar-refractivity contribution in [3.63, 3.8) is 0 Å². The molecule has 120 valence electrons. The second-order valence-electron chi connectivity index (χ2n) is 5.22. The van der Waals surface area contributed by atoms with Crippen molar-refractivity contribution >= 4 is 33.9 Å². The van der Waals surface area contributed by atoms with Crippen LogP contribution in [0.1, 0.15) is 11.1 Å². The normalized spacial score (nSPS) is 17.6. The van der Waals surface area contributed by atoms with Crippen LogP contribution in [0.4, 0.5) is 0 Å². The average molecular weight is 386 g/mol. The van der Waals surface area contributed by atoms with Crippen molar-refractivity contribution in [2.45, 2.75) is 0 Å². The zero-order valence-corrected chi connectivity index (χ0v) is 14.1. The molecule has 0 unspecified atom stereocenters. The molecule has 6 heteroatoms. The fraction of sp³-hybridized carbons (Fsp3) is 0.111. The van der Waals surface area contributed by atoms with Gasteiger partial charge in [-0.3, -0.25) is 0 Å². The first kappa shape index (κ1) is 15.0. The van der Waals surface area contributed by atoms with E-state index in [1.807, 2.05) is 42.5 Å². The first-order valence-corrected chi connectivity index (χ1v) is 8.17. The zero-order chi connectivity index (χ0) is 16.5. The summed E-state index contributed by atoms with van der Waals surface area (Å²) in [4.78, 5) is 16.4. The highest BCUT2D eigenvalue weighted by atomic mass is 79.9. The number of hydrogen-bond donors (Lipinski definition) is 0. The van der Waals surface area contributed by atoms with Crippen LogP contribution in [0.5, 0.6) is 11.5 Å². The monoisotopic (exact) mass is 385 g/mol. The van der Waals surface area contributed by atoms with Crippen LogP contribution in [0.2, 0.25) is 0 Å². The second-order valence-corrected chi connectivity index (χ2v) is 6.07. The van der Waals surface area contributed by atoms with E-state index in [0.29, 0.717) is 24.7 Å². The van der Waals surface area contributed by atoms with Gasteiger partial charge in [-0.1, -0.05) is 18.2 Å². The molecule has 0 spiro atoms. The Labute approximate surface area is 146 Å². The lowest BCUT2D eigenvalue weighted by molar-refractivity contribution is -0.129. The quantitative estimate of drug-likeness (QED) is 0.585. The first-order chi connectivity index (χ1) is 11.7. The Morgan fingerprint density at radius 3 is 2.67 bits per heavy atom. The summed E-state index contributed by atoms with van der Waals surface area (Å²) in [5.74, 6) is 1.18. The van der Waals surface area contributed by atoms with Crippen molar-refractivity contribution in [3.05, 3.63) is 63.8 Å². The average Bonchev–Trinajstić information content (AvgIpc) is 2.96. The minimum Gasteiger partial charge on any atom is -0.486 e. The van der Waals surface area contributed by atoms with Crippen LogP contribution < -0.4 is 9.47 Å². The van der Waals surface area contributed by atoms with Gasteiger partial charge in [0.15, 0.2) is 17.2 Å². The number of halogens is 1. The Hall–Kier alpha value is -2.60. The van der Waals surface area contributed by atoms with Crippen LogP contribution in [-0.4, -0.2) is 25.1 Å². The number of rotatable bonds is 2. The van der Waals surface area contributed by atoms with Crippen LogP contribution in [0, 0.1) is 0 Å². The molecule has 2 aromatic carbocycles. The Bertz CT molecular complexity index is 888. The highest BCUT2D eigenvalue weighted by Crippen LogP contribution is 2.32. The van der Waals surface area contributed by atoms with Gasteiger partial charge < -0.3 is 14.2 Å². The summed E-state index contributed by atoms with van der Waals surface area (Å²) in [7, 11) is 0. The molecule has 4 rings (SSSR count). The van der Waals surface area contributed by atoms with E-state index in [2.05, 4.69) is 20.9 Å². The molecule has 0 fully saturated rings. The Morgan fingerprint density at radius 2 is 1.83 bits per heavy atom. The number of hydrogen-bond acceptors (Lipinski definition) is 5. The van der Waals surface area contributed by atoms with Gasteiger partial charge in [-0.15, -0.1) is 0 Å². The molecular formula is C18H12BrNO4. The van der Waals surface area contributed by atoms with Crippen LogP contribution >= 0.6 is 15.9 Å². The van der Waals surface area contributed by atoms with Gasteiger partial charge in [-0.05, 0) is 51.8 Å². The summed E-state index contributed by atoms with van der Waals surface area (Å²) in [6.07, 6.45) is 1.67. The smallest absolute Gasteiger partial charge is 0.363 e. The number of cyclic esters (lactones) is 1. The number of carbonyl (C=O) groups is 1. The molecule has 24 heavy (non-hydrogen) atoms. The maximum atomic E-state index is 12.1. The summed E-state index contributed by atoms with van der Waals surface area (Å²) < 4.78 is 17.1. The predicted molar refractivity (Wildman–Crippen MR) is 92.2 cm³/mol. The van der Waals surface area contributed by atoms with E-state index < -0.39 is 5.97 Å².